The van der Waals surface area contributed by atoms with Gasteiger partial charge in [-0.15, -0.1) is 0 Å². The first-order valence-corrected chi connectivity index (χ1v) is 7.96. The number of amidine groups is 1. The van der Waals surface area contributed by atoms with E-state index in [-0.39, 0.29) is 6.61 Å². The molecule has 0 aromatic heterocycles. The summed E-state index contributed by atoms with van der Waals surface area (Å²) in [6.45, 7) is 1.83. The van der Waals surface area contributed by atoms with E-state index in [1.165, 1.54) is 24.3 Å². The molecular weight excluding hydrogens is 323 g/mol. The molecule has 128 valence electrons. The summed E-state index contributed by atoms with van der Waals surface area (Å²) in [6, 6.07) is 14.0. The fourth-order valence-electron chi connectivity index (χ4n) is 2.72. The molecule has 1 aliphatic rings. The summed E-state index contributed by atoms with van der Waals surface area (Å²) < 4.78 is 18.3. The van der Waals surface area contributed by atoms with Crippen molar-refractivity contribution in [2.24, 2.45) is 10.9 Å². The SMILES string of the molecule is CCOC(=O)[C@@H]1C(=O)NC(c2ccccc2)=N[C@@H]1c1ccc(F)cc1. The highest BCUT2D eigenvalue weighted by Crippen LogP contribution is 2.31. The molecular formula is C19H17FN2O3. The van der Waals surface area contributed by atoms with Crippen LogP contribution in [0.3, 0.4) is 0 Å². The molecule has 1 N–H and O–H groups in total. The lowest BCUT2D eigenvalue weighted by molar-refractivity contribution is -0.153. The van der Waals surface area contributed by atoms with Gasteiger partial charge in [0, 0.05) is 5.56 Å². The Morgan fingerprint density at radius 2 is 1.84 bits per heavy atom. The predicted octanol–water partition coefficient (Wildman–Crippen LogP) is 2.62. The first kappa shape index (κ1) is 16.8. The Morgan fingerprint density at radius 1 is 1.16 bits per heavy atom. The molecule has 2 aromatic rings. The topological polar surface area (TPSA) is 67.8 Å². The van der Waals surface area contributed by atoms with Crippen molar-refractivity contribution in [2.75, 3.05) is 6.61 Å². The number of carbonyl (C=O) groups is 2. The number of carbonyl (C=O) groups excluding carboxylic acids is 2. The van der Waals surface area contributed by atoms with E-state index in [0.717, 1.165) is 5.56 Å². The minimum atomic E-state index is -1.11. The average Bonchev–Trinajstić information content (AvgIpc) is 2.62. The van der Waals surface area contributed by atoms with Gasteiger partial charge >= 0.3 is 5.97 Å². The van der Waals surface area contributed by atoms with Crippen LogP contribution in [0.4, 0.5) is 4.39 Å². The van der Waals surface area contributed by atoms with Crippen LogP contribution in [0, 0.1) is 11.7 Å². The van der Waals surface area contributed by atoms with Crippen molar-refractivity contribution in [1.29, 1.82) is 0 Å². The zero-order valence-corrected chi connectivity index (χ0v) is 13.6. The van der Waals surface area contributed by atoms with Crippen molar-refractivity contribution < 1.29 is 18.7 Å². The zero-order valence-electron chi connectivity index (χ0n) is 13.6. The normalized spacial score (nSPS) is 19.8. The van der Waals surface area contributed by atoms with Gasteiger partial charge in [-0.05, 0) is 24.6 Å². The Hall–Kier alpha value is -3.02. The first-order chi connectivity index (χ1) is 12.1. The van der Waals surface area contributed by atoms with Gasteiger partial charge in [0.25, 0.3) is 0 Å². The molecule has 1 aliphatic heterocycles. The van der Waals surface area contributed by atoms with Crippen LogP contribution in [0.1, 0.15) is 24.1 Å². The van der Waals surface area contributed by atoms with Crippen LogP contribution in [0.25, 0.3) is 0 Å². The van der Waals surface area contributed by atoms with Crippen molar-refractivity contribution >= 4 is 17.7 Å². The Morgan fingerprint density at radius 3 is 2.48 bits per heavy atom. The zero-order chi connectivity index (χ0) is 17.8. The van der Waals surface area contributed by atoms with E-state index in [4.69, 9.17) is 4.74 Å². The van der Waals surface area contributed by atoms with Gasteiger partial charge < -0.3 is 10.1 Å². The second-order valence-electron chi connectivity index (χ2n) is 5.56. The lowest BCUT2D eigenvalue weighted by Crippen LogP contribution is -2.47. The predicted molar refractivity (Wildman–Crippen MR) is 90.4 cm³/mol. The molecule has 1 heterocycles. The Labute approximate surface area is 144 Å². The summed E-state index contributed by atoms with van der Waals surface area (Å²) in [5, 5.41) is 2.67. The molecule has 2 atom stereocenters. The molecule has 0 fully saturated rings. The summed E-state index contributed by atoms with van der Waals surface area (Å²) in [5.41, 5.74) is 1.30. The van der Waals surface area contributed by atoms with Crippen molar-refractivity contribution in [3.05, 3.63) is 71.5 Å². The monoisotopic (exact) mass is 340 g/mol. The molecule has 0 saturated heterocycles. The van der Waals surface area contributed by atoms with E-state index >= 15 is 0 Å². The van der Waals surface area contributed by atoms with Gasteiger partial charge in [-0.1, -0.05) is 42.5 Å². The number of esters is 1. The van der Waals surface area contributed by atoms with Crippen LogP contribution < -0.4 is 5.32 Å². The summed E-state index contributed by atoms with van der Waals surface area (Å²) in [5.74, 6) is -2.27. The van der Waals surface area contributed by atoms with Crippen LogP contribution >= 0.6 is 0 Å². The maximum absolute atomic E-state index is 13.2. The van der Waals surface area contributed by atoms with Gasteiger partial charge in [0.1, 0.15) is 11.7 Å². The molecule has 0 bridgehead atoms. The molecule has 0 aliphatic carbocycles. The first-order valence-electron chi connectivity index (χ1n) is 7.96. The maximum Gasteiger partial charge on any atom is 0.321 e. The molecule has 0 saturated carbocycles. The summed E-state index contributed by atoms with van der Waals surface area (Å²) in [6.07, 6.45) is 0. The van der Waals surface area contributed by atoms with Gasteiger partial charge in [0.05, 0.1) is 12.6 Å². The molecule has 0 radical (unpaired) electrons. The molecule has 5 nitrogen and oxygen atoms in total. The molecule has 0 spiro atoms. The number of benzene rings is 2. The van der Waals surface area contributed by atoms with Crippen LogP contribution in [-0.2, 0) is 14.3 Å². The van der Waals surface area contributed by atoms with Gasteiger partial charge in [-0.25, -0.2) is 4.39 Å². The Kier molecular flexibility index (Phi) is 4.88. The quantitative estimate of drug-likeness (QED) is 0.687. The highest BCUT2D eigenvalue weighted by Gasteiger charge is 2.41. The minimum Gasteiger partial charge on any atom is -0.465 e. The lowest BCUT2D eigenvalue weighted by Gasteiger charge is -2.28. The van der Waals surface area contributed by atoms with Crippen LogP contribution in [-0.4, -0.2) is 24.3 Å². The second-order valence-corrected chi connectivity index (χ2v) is 5.56. The fourth-order valence-corrected chi connectivity index (χ4v) is 2.72. The smallest absolute Gasteiger partial charge is 0.321 e. The van der Waals surface area contributed by atoms with Crippen molar-refractivity contribution in [3.63, 3.8) is 0 Å². The van der Waals surface area contributed by atoms with Crippen LogP contribution in [0.2, 0.25) is 0 Å². The van der Waals surface area contributed by atoms with E-state index in [0.29, 0.717) is 11.4 Å². The molecule has 3 rings (SSSR count). The molecule has 2 aromatic carbocycles. The molecule has 6 heteroatoms. The Bertz CT molecular complexity index is 803. The highest BCUT2D eigenvalue weighted by atomic mass is 19.1. The van der Waals surface area contributed by atoms with Gasteiger partial charge in [-0.2, -0.15) is 0 Å². The van der Waals surface area contributed by atoms with E-state index in [2.05, 4.69) is 10.3 Å². The third-order valence-electron chi connectivity index (χ3n) is 3.91. The van der Waals surface area contributed by atoms with Crippen LogP contribution in [0.5, 0.6) is 0 Å². The van der Waals surface area contributed by atoms with Crippen molar-refractivity contribution in [3.8, 4) is 0 Å². The maximum atomic E-state index is 13.2. The van der Waals surface area contributed by atoms with Crippen molar-refractivity contribution in [2.45, 2.75) is 13.0 Å². The standard InChI is InChI=1S/C19H17FN2O3/c1-2-25-19(24)15-16(12-8-10-14(20)11-9-12)21-17(22-18(15)23)13-6-4-3-5-7-13/h3-11,15-16H,2H2,1H3,(H,21,22,23)/t15-,16+/m0/s1. The van der Waals surface area contributed by atoms with E-state index in [1.807, 2.05) is 30.3 Å². The molecule has 1 amide bonds. The van der Waals surface area contributed by atoms with E-state index in [1.54, 1.807) is 6.92 Å². The number of nitrogens with zero attached hydrogens (tertiary/aromatic N) is 1. The summed E-state index contributed by atoms with van der Waals surface area (Å²) >= 11 is 0. The fraction of sp³-hybridized carbons (Fsp3) is 0.211. The second kappa shape index (κ2) is 7.25. The minimum absolute atomic E-state index is 0.161. The number of nitrogens with one attached hydrogen (secondary N) is 1. The van der Waals surface area contributed by atoms with Gasteiger partial charge in [0.2, 0.25) is 5.91 Å². The number of aliphatic imine (C=N–C) groups is 1. The third kappa shape index (κ3) is 3.57. The summed E-state index contributed by atoms with van der Waals surface area (Å²) in [4.78, 5) is 29.4. The van der Waals surface area contributed by atoms with E-state index in [9.17, 15) is 14.0 Å². The average molecular weight is 340 g/mol. The van der Waals surface area contributed by atoms with E-state index < -0.39 is 29.7 Å². The van der Waals surface area contributed by atoms with Gasteiger partial charge in [0.15, 0.2) is 5.92 Å². The highest BCUT2D eigenvalue weighted by molar-refractivity contribution is 6.14. The van der Waals surface area contributed by atoms with Crippen molar-refractivity contribution in [1.82, 2.24) is 5.32 Å². The summed E-state index contributed by atoms with van der Waals surface area (Å²) in [7, 11) is 0. The lowest BCUT2D eigenvalue weighted by atomic mass is 9.90. The largest absolute Gasteiger partial charge is 0.465 e. The number of rotatable bonds is 4. The number of hydrogen-bond acceptors (Lipinski definition) is 4. The third-order valence-corrected chi connectivity index (χ3v) is 3.91. The number of hydrogen-bond donors (Lipinski definition) is 1. The number of halogens is 1. The van der Waals surface area contributed by atoms with Gasteiger partial charge in [-0.3, -0.25) is 14.6 Å². The van der Waals surface area contributed by atoms with Crippen LogP contribution in [0.15, 0.2) is 59.6 Å². The molecule has 25 heavy (non-hydrogen) atoms. The Balaban J connectivity index is 2.05. The molecule has 0 unspecified atom stereocenters. The number of ether oxygens (including phenoxy) is 1. The number of amides is 1.